The predicted octanol–water partition coefficient (Wildman–Crippen LogP) is 3.72. The monoisotopic (exact) mass is 429 g/mol. The standard InChI is InChI=1S/C20H16BrNO5/c1-8-4-5-11-16(23)14-15(10-6-12(21)17(24)13(7-10)26-3)22-20(25)19(14)27-18(11)9(8)2/h4-7,15,24H,1-3H3,(H,22,25). The van der Waals surface area contributed by atoms with Gasteiger partial charge in [0.25, 0.3) is 5.91 Å². The fraction of sp³-hybridized carbons (Fsp3) is 0.200. The molecule has 0 fully saturated rings. The van der Waals surface area contributed by atoms with E-state index in [1.54, 1.807) is 18.2 Å². The number of phenolic OH excluding ortho intramolecular Hbond substituents is 1. The molecule has 1 aromatic heterocycles. The Bertz CT molecular complexity index is 1180. The van der Waals surface area contributed by atoms with Crippen LogP contribution in [0.25, 0.3) is 11.0 Å². The summed E-state index contributed by atoms with van der Waals surface area (Å²) in [6.45, 7) is 3.78. The van der Waals surface area contributed by atoms with Gasteiger partial charge in [-0.05, 0) is 64.7 Å². The molecule has 2 heterocycles. The van der Waals surface area contributed by atoms with E-state index >= 15 is 0 Å². The second-order valence-corrected chi connectivity index (χ2v) is 7.37. The van der Waals surface area contributed by atoms with Crippen molar-refractivity contribution in [2.24, 2.45) is 0 Å². The molecule has 3 aromatic rings. The van der Waals surface area contributed by atoms with E-state index in [9.17, 15) is 14.7 Å². The molecule has 27 heavy (non-hydrogen) atoms. The Kier molecular flexibility index (Phi) is 3.99. The van der Waals surface area contributed by atoms with Crippen LogP contribution < -0.4 is 15.5 Å². The lowest BCUT2D eigenvalue weighted by Gasteiger charge is -2.15. The molecule has 1 unspecified atom stereocenters. The summed E-state index contributed by atoms with van der Waals surface area (Å²) in [5.41, 5.74) is 2.85. The Morgan fingerprint density at radius 3 is 2.67 bits per heavy atom. The number of fused-ring (bicyclic) bond motifs is 2. The van der Waals surface area contributed by atoms with Gasteiger partial charge in [-0.1, -0.05) is 6.07 Å². The second kappa shape index (κ2) is 6.13. The van der Waals surface area contributed by atoms with Gasteiger partial charge in [-0.15, -0.1) is 0 Å². The fourth-order valence-corrected chi connectivity index (χ4v) is 3.83. The lowest BCUT2D eigenvalue weighted by atomic mass is 9.97. The van der Waals surface area contributed by atoms with Gasteiger partial charge in [-0.3, -0.25) is 9.59 Å². The number of amides is 1. The molecular formula is C20H16BrNO5. The number of carbonyl (C=O) groups excluding carboxylic acids is 1. The van der Waals surface area contributed by atoms with E-state index in [2.05, 4.69) is 21.2 Å². The first-order valence-electron chi connectivity index (χ1n) is 8.27. The lowest BCUT2D eigenvalue weighted by molar-refractivity contribution is 0.0938. The lowest BCUT2D eigenvalue weighted by Crippen LogP contribution is -2.22. The number of aryl methyl sites for hydroxylation is 2. The van der Waals surface area contributed by atoms with Crippen LogP contribution in [-0.2, 0) is 0 Å². The molecule has 4 rings (SSSR count). The highest BCUT2D eigenvalue weighted by atomic mass is 79.9. The van der Waals surface area contributed by atoms with Crippen molar-refractivity contribution in [2.45, 2.75) is 19.9 Å². The second-order valence-electron chi connectivity index (χ2n) is 6.52. The smallest absolute Gasteiger partial charge is 0.288 e. The van der Waals surface area contributed by atoms with Crippen molar-refractivity contribution in [2.75, 3.05) is 7.11 Å². The first kappa shape index (κ1) is 17.6. The minimum absolute atomic E-state index is 0.0226. The Labute approximate surface area is 162 Å². The summed E-state index contributed by atoms with van der Waals surface area (Å²) < 4.78 is 11.4. The van der Waals surface area contributed by atoms with Gasteiger partial charge in [-0.2, -0.15) is 0 Å². The maximum Gasteiger partial charge on any atom is 0.288 e. The van der Waals surface area contributed by atoms with E-state index in [0.717, 1.165) is 11.1 Å². The normalized spacial score (nSPS) is 15.7. The third-order valence-electron chi connectivity index (χ3n) is 4.99. The number of halogens is 1. The minimum Gasteiger partial charge on any atom is -0.503 e. The zero-order valence-electron chi connectivity index (χ0n) is 14.8. The van der Waals surface area contributed by atoms with Crippen molar-refractivity contribution < 1.29 is 19.1 Å². The van der Waals surface area contributed by atoms with Crippen LogP contribution >= 0.6 is 15.9 Å². The maximum atomic E-state index is 13.2. The summed E-state index contributed by atoms with van der Waals surface area (Å²) in [6.07, 6.45) is 0. The summed E-state index contributed by atoms with van der Waals surface area (Å²) in [6, 6.07) is 6.12. The summed E-state index contributed by atoms with van der Waals surface area (Å²) in [5, 5.41) is 13.3. The highest BCUT2D eigenvalue weighted by molar-refractivity contribution is 9.10. The van der Waals surface area contributed by atoms with Gasteiger partial charge in [0.15, 0.2) is 16.9 Å². The third kappa shape index (κ3) is 2.53. The Hall–Kier alpha value is -2.80. The summed E-state index contributed by atoms with van der Waals surface area (Å²) >= 11 is 3.27. The topological polar surface area (TPSA) is 88.8 Å². The van der Waals surface area contributed by atoms with Gasteiger partial charge in [0.05, 0.1) is 28.6 Å². The first-order chi connectivity index (χ1) is 12.8. The number of hydrogen-bond donors (Lipinski definition) is 2. The number of methoxy groups -OCH3 is 1. The molecule has 1 aliphatic heterocycles. The molecule has 0 spiro atoms. The number of benzene rings is 2. The van der Waals surface area contributed by atoms with Crippen LogP contribution in [0.2, 0.25) is 0 Å². The molecule has 138 valence electrons. The fourth-order valence-electron chi connectivity index (χ4n) is 3.37. The van der Waals surface area contributed by atoms with E-state index in [1.807, 2.05) is 19.9 Å². The van der Waals surface area contributed by atoms with Crippen molar-refractivity contribution in [1.29, 1.82) is 0 Å². The van der Waals surface area contributed by atoms with Gasteiger partial charge < -0.3 is 19.6 Å². The summed E-state index contributed by atoms with van der Waals surface area (Å²) in [4.78, 5) is 25.7. The van der Waals surface area contributed by atoms with Crippen molar-refractivity contribution in [3.05, 3.63) is 67.0 Å². The van der Waals surface area contributed by atoms with E-state index in [-0.39, 0.29) is 28.3 Å². The van der Waals surface area contributed by atoms with Crippen LogP contribution in [-0.4, -0.2) is 18.1 Å². The van der Waals surface area contributed by atoms with Crippen LogP contribution in [0.1, 0.15) is 38.9 Å². The first-order valence-corrected chi connectivity index (χ1v) is 9.07. The van der Waals surface area contributed by atoms with Crippen LogP contribution in [0.4, 0.5) is 0 Å². The van der Waals surface area contributed by atoms with Crippen molar-refractivity contribution in [1.82, 2.24) is 5.32 Å². The molecular weight excluding hydrogens is 414 g/mol. The molecule has 1 amide bonds. The van der Waals surface area contributed by atoms with E-state index in [0.29, 0.717) is 21.0 Å². The van der Waals surface area contributed by atoms with Gasteiger partial charge in [0.1, 0.15) is 5.58 Å². The SMILES string of the molecule is COc1cc(C2NC(=O)c3oc4c(C)c(C)ccc4c(=O)c32)cc(Br)c1O. The van der Waals surface area contributed by atoms with Crippen molar-refractivity contribution >= 4 is 32.8 Å². The van der Waals surface area contributed by atoms with Gasteiger partial charge >= 0.3 is 0 Å². The van der Waals surface area contributed by atoms with Crippen molar-refractivity contribution in [3.8, 4) is 11.5 Å². The van der Waals surface area contributed by atoms with Gasteiger partial charge in [0.2, 0.25) is 5.76 Å². The molecule has 7 heteroatoms. The minimum atomic E-state index is -0.694. The Morgan fingerprint density at radius 2 is 1.96 bits per heavy atom. The van der Waals surface area contributed by atoms with Crippen LogP contribution in [0.15, 0.2) is 37.9 Å². The molecule has 0 bridgehead atoms. The number of carbonyl (C=O) groups is 1. The van der Waals surface area contributed by atoms with Crippen LogP contribution in [0.3, 0.4) is 0 Å². The van der Waals surface area contributed by atoms with Gasteiger partial charge in [0, 0.05) is 0 Å². The van der Waals surface area contributed by atoms with Gasteiger partial charge in [-0.25, -0.2) is 0 Å². The molecule has 2 aromatic carbocycles. The van der Waals surface area contributed by atoms with E-state index < -0.39 is 11.9 Å². The Morgan fingerprint density at radius 1 is 1.22 bits per heavy atom. The number of rotatable bonds is 2. The molecule has 1 aliphatic rings. The summed E-state index contributed by atoms with van der Waals surface area (Å²) in [5.74, 6) is -0.242. The number of phenols is 1. The number of ether oxygens (including phenoxy) is 1. The predicted molar refractivity (Wildman–Crippen MR) is 104 cm³/mol. The highest BCUT2D eigenvalue weighted by Gasteiger charge is 2.36. The highest BCUT2D eigenvalue weighted by Crippen LogP contribution is 2.40. The van der Waals surface area contributed by atoms with E-state index in [1.165, 1.54) is 7.11 Å². The molecule has 0 radical (unpaired) electrons. The average molecular weight is 430 g/mol. The molecule has 0 saturated carbocycles. The third-order valence-corrected chi connectivity index (χ3v) is 5.59. The van der Waals surface area contributed by atoms with Crippen LogP contribution in [0, 0.1) is 13.8 Å². The Balaban J connectivity index is 2.00. The summed E-state index contributed by atoms with van der Waals surface area (Å²) in [7, 11) is 1.43. The molecule has 1 atom stereocenters. The van der Waals surface area contributed by atoms with Crippen LogP contribution in [0.5, 0.6) is 11.5 Å². The largest absolute Gasteiger partial charge is 0.503 e. The number of aromatic hydroxyl groups is 1. The number of hydrogen-bond acceptors (Lipinski definition) is 5. The molecule has 2 N–H and O–H groups in total. The zero-order valence-corrected chi connectivity index (χ0v) is 16.4. The molecule has 6 nitrogen and oxygen atoms in total. The molecule has 0 saturated heterocycles. The number of nitrogens with one attached hydrogen (secondary N) is 1. The average Bonchev–Trinajstić information content (AvgIpc) is 2.98. The maximum absolute atomic E-state index is 13.2. The van der Waals surface area contributed by atoms with E-state index in [4.69, 9.17) is 9.15 Å². The zero-order chi connectivity index (χ0) is 19.5. The molecule has 0 aliphatic carbocycles. The van der Waals surface area contributed by atoms with Crippen molar-refractivity contribution in [3.63, 3.8) is 0 Å². The quantitative estimate of drug-likeness (QED) is 0.647.